The van der Waals surface area contributed by atoms with Crippen molar-refractivity contribution in [2.24, 2.45) is 0 Å². The lowest BCUT2D eigenvalue weighted by Crippen LogP contribution is -2.50. The standard InChI is InChI=1S/C14H27N3O.2ClH/c1-4-7-16(2)10-14(18)17(3)13-8-11-5-6-12(9-13)15-11;;/h11-13,15H,4-10H2,1-3H3;2*1H. The second-order valence-electron chi connectivity index (χ2n) is 6.01. The lowest BCUT2D eigenvalue weighted by Gasteiger charge is -2.36. The molecule has 2 saturated heterocycles. The van der Waals surface area contributed by atoms with Crippen molar-refractivity contribution >= 4 is 30.7 Å². The molecular formula is C14H29Cl2N3O. The molecule has 4 nitrogen and oxygen atoms in total. The number of hydrogen-bond donors (Lipinski definition) is 1. The Morgan fingerprint density at radius 3 is 2.20 bits per heavy atom. The summed E-state index contributed by atoms with van der Waals surface area (Å²) in [6.07, 6.45) is 5.95. The number of nitrogens with zero attached hydrogens (tertiary/aromatic N) is 2. The largest absolute Gasteiger partial charge is 0.342 e. The summed E-state index contributed by atoms with van der Waals surface area (Å²) in [7, 11) is 4.01. The van der Waals surface area contributed by atoms with Gasteiger partial charge in [-0.05, 0) is 45.7 Å². The minimum Gasteiger partial charge on any atom is -0.342 e. The van der Waals surface area contributed by atoms with Gasteiger partial charge in [-0.1, -0.05) is 6.92 Å². The maximum absolute atomic E-state index is 12.2. The van der Waals surface area contributed by atoms with Gasteiger partial charge in [-0.25, -0.2) is 0 Å². The van der Waals surface area contributed by atoms with E-state index in [0.717, 1.165) is 25.8 Å². The summed E-state index contributed by atoms with van der Waals surface area (Å²) < 4.78 is 0. The van der Waals surface area contributed by atoms with Crippen molar-refractivity contribution in [2.75, 3.05) is 27.2 Å². The van der Waals surface area contributed by atoms with Crippen LogP contribution >= 0.6 is 24.8 Å². The zero-order valence-electron chi connectivity index (χ0n) is 12.8. The van der Waals surface area contributed by atoms with Gasteiger partial charge in [0.2, 0.25) is 5.91 Å². The number of likely N-dealkylation sites (N-methyl/N-ethyl adjacent to an activating group) is 2. The molecule has 6 heteroatoms. The molecule has 0 spiro atoms. The predicted molar refractivity (Wildman–Crippen MR) is 88.0 cm³/mol. The van der Waals surface area contributed by atoms with Crippen LogP contribution in [0.5, 0.6) is 0 Å². The van der Waals surface area contributed by atoms with Gasteiger partial charge >= 0.3 is 0 Å². The Balaban J connectivity index is 0.00000180. The second-order valence-corrected chi connectivity index (χ2v) is 6.01. The van der Waals surface area contributed by atoms with Crippen LogP contribution in [0.3, 0.4) is 0 Å². The molecule has 0 radical (unpaired) electrons. The summed E-state index contributed by atoms with van der Waals surface area (Å²) in [4.78, 5) is 16.3. The third-order valence-electron chi connectivity index (χ3n) is 4.40. The quantitative estimate of drug-likeness (QED) is 0.838. The highest BCUT2D eigenvalue weighted by atomic mass is 35.5. The molecule has 2 heterocycles. The maximum atomic E-state index is 12.2. The Hall–Kier alpha value is -0.0300. The molecular weight excluding hydrogens is 297 g/mol. The van der Waals surface area contributed by atoms with Crippen molar-refractivity contribution in [1.82, 2.24) is 15.1 Å². The van der Waals surface area contributed by atoms with Gasteiger partial charge in [0.25, 0.3) is 0 Å². The van der Waals surface area contributed by atoms with E-state index < -0.39 is 0 Å². The van der Waals surface area contributed by atoms with E-state index in [1.807, 2.05) is 19.0 Å². The molecule has 0 aromatic heterocycles. The van der Waals surface area contributed by atoms with E-state index in [4.69, 9.17) is 0 Å². The molecule has 2 fully saturated rings. The average molecular weight is 326 g/mol. The predicted octanol–water partition coefficient (Wildman–Crippen LogP) is 1.91. The zero-order chi connectivity index (χ0) is 13.1. The highest BCUT2D eigenvalue weighted by molar-refractivity contribution is 5.85. The summed E-state index contributed by atoms with van der Waals surface area (Å²) in [6.45, 7) is 3.70. The van der Waals surface area contributed by atoms with Gasteiger partial charge in [0.15, 0.2) is 0 Å². The smallest absolute Gasteiger partial charge is 0.236 e. The third kappa shape index (κ3) is 5.06. The van der Waals surface area contributed by atoms with Crippen LogP contribution in [-0.4, -0.2) is 61.0 Å². The summed E-state index contributed by atoms with van der Waals surface area (Å²) in [5, 5.41) is 3.63. The molecule has 20 heavy (non-hydrogen) atoms. The molecule has 2 rings (SSSR count). The summed E-state index contributed by atoms with van der Waals surface area (Å²) >= 11 is 0. The molecule has 2 bridgehead atoms. The van der Waals surface area contributed by atoms with E-state index in [9.17, 15) is 4.79 Å². The number of carbonyl (C=O) groups is 1. The number of piperidine rings is 1. The van der Waals surface area contributed by atoms with E-state index in [1.54, 1.807) is 0 Å². The van der Waals surface area contributed by atoms with Crippen LogP contribution in [0, 0.1) is 0 Å². The molecule has 0 saturated carbocycles. The Morgan fingerprint density at radius 2 is 1.70 bits per heavy atom. The van der Waals surface area contributed by atoms with Crippen LogP contribution in [0.25, 0.3) is 0 Å². The Kier molecular flexibility index (Phi) is 9.07. The average Bonchev–Trinajstić information content (AvgIpc) is 2.67. The van der Waals surface area contributed by atoms with Crippen LogP contribution < -0.4 is 5.32 Å². The van der Waals surface area contributed by atoms with Crippen LogP contribution in [0.4, 0.5) is 0 Å². The minimum atomic E-state index is 0. The highest BCUT2D eigenvalue weighted by Crippen LogP contribution is 2.29. The van der Waals surface area contributed by atoms with Crippen molar-refractivity contribution < 1.29 is 4.79 Å². The molecule has 2 aliphatic heterocycles. The maximum Gasteiger partial charge on any atom is 0.236 e. The van der Waals surface area contributed by atoms with Crippen LogP contribution in [0.1, 0.15) is 39.0 Å². The SMILES string of the molecule is CCCN(C)CC(=O)N(C)C1CC2CCC(C1)N2.Cl.Cl. The lowest BCUT2D eigenvalue weighted by molar-refractivity contribution is -0.133. The molecule has 1 N–H and O–H groups in total. The van der Waals surface area contributed by atoms with E-state index in [2.05, 4.69) is 17.1 Å². The topological polar surface area (TPSA) is 35.6 Å². The van der Waals surface area contributed by atoms with E-state index >= 15 is 0 Å². The summed E-state index contributed by atoms with van der Waals surface area (Å²) in [5.74, 6) is 0.275. The van der Waals surface area contributed by atoms with Gasteiger partial charge in [-0.15, -0.1) is 24.8 Å². The fourth-order valence-electron chi connectivity index (χ4n) is 3.35. The number of rotatable bonds is 5. The normalized spacial score (nSPS) is 27.7. The summed E-state index contributed by atoms with van der Waals surface area (Å²) in [6, 6.07) is 1.75. The Morgan fingerprint density at radius 1 is 1.15 bits per heavy atom. The number of halogens is 2. The van der Waals surface area contributed by atoms with Crippen LogP contribution in [0.15, 0.2) is 0 Å². The van der Waals surface area contributed by atoms with E-state index in [-0.39, 0.29) is 30.7 Å². The number of fused-ring (bicyclic) bond motifs is 2. The van der Waals surface area contributed by atoms with Crippen LogP contribution in [-0.2, 0) is 4.79 Å². The molecule has 0 aromatic rings. The lowest BCUT2D eigenvalue weighted by atomic mass is 9.98. The molecule has 2 atom stereocenters. The van der Waals surface area contributed by atoms with Crippen molar-refractivity contribution in [2.45, 2.75) is 57.2 Å². The Bertz CT molecular complexity index is 292. The fraction of sp³-hybridized carbons (Fsp3) is 0.929. The van der Waals surface area contributed by atoms with E-state index in [0.29, 0.717) is 24.7 Å². The number of nitrogens with one attached hydrogen (secondary N) is 1. The highest BCUT2D eigenvalue weighted by Gasteiger charge is 2.36. The summed E-state index contributed by atoms with van der Waals surface area (Å²) in [5.41, 5.74) is 0. The van der Waals surface area contributed by atoms with Gasteiger partial charge in [-0.2, -0.15) is 0 Å². The van der Waals surface area contributed by atoms with Crippen molar-refractivity contribution in [3.8, 4) is 0 Å². The molecule has 2 unspecified atom stereocenters. The van der Waals surface area contributed by atoms with Gasteiger partial charge in [-0.3, -0.25) is 9.69 Å². The molecule has 0 aromatic carbocycles. The minimum absolute atomic E-state index is 0. The third-order valence-corrected chi connectivity index (χ3v) is 4.40. The number of hydrogen-bond acceptors (Lipinski definition) is 3. The molecule has 0 aliphatic carbocycles. The molecule has 2 aliphatic rings. The number of carbonyl (C=O) groups excluding carboxylic acids is 1. The first-order valence-electron chi connectivity index (χ1n) is 7.30. The molecule has 120 valence electrons. The van der Waals surface area contributed by atoms with Gasteiger partial charge < -0.3 is 10.2 Å². The fourth-order valence-corrected chi connectivity index (χ4v) is 3.35. The molecule has 1 amide bonds. The monoisotopic (exact) mass is 325 g/mol. The first-order valence-corrected chi connectivity index (χ1v) is 7.30. The first-order chi connectivity index (χ1) is 8.60. The first kappa shape index (κ1) is 20.0. The van der Waals surface area contributed by atoms with Gasteiger partial charge in [0.1, 0.15) is 0 Å². The van der Waals surface area contributed by atoms with Crippen LogP contribution in [0.2, 0.25) is 0 Å². The number of amides is 1. The van der Waals surface area contributed by atoms with Crippen molar-refractivity contribution in [3.05, 3.63) is 0 Å². The zero-order valence-corrected chi connectivity index (χ0v) is 14.4. The van der Waals surface area contributed by atoms with Gasteiger partial charge in [0.05, 0.1) is 6.54 Å². The van der Waals surface area contributed by atoms with E-state index in [1.165, 1.54) is 12.8 Å². The van der Waals surface area contributed by atoms with Crippen molar-refractivity contribution in [3.63, 3.8) is 0 Å². The van der Waals surface area contributed by atoms with Gasteiger partial charge in [0, 0.05) is 25.2 Å². The second kappa shape index (κ2) is 9.08. The Labute approximate surface area is 135 Å². The van der Waals surface area contributed by atoms with Crippen molar-refractivity contribution in [1.29, 1.82) is 0 Å².